The first kappa shape index (κ1) is 73.7. The summed E-state index contributed by atoms with van der Waals surface area (Å²) in [5.41, 5.74) is 33.1. The summed E-state index contributed by atoms with van der Waals surface area (Å²) in [5, 5.41) is 58.6. The molecule has 0 aromatic heterocycles. The van der Waals surface area contributed by atoms with Gasteiger partial charge in [0.05, 0.1) is 31.8 Å². The Morgan fingerprint density at radius 3 is 1.35 bits per heavy atom. The van der Waals surface area contributed by atoms with Gasteiger partial charge < -0.3 is 103 Å². The number of nitrogens with zero attached hydrogens (tertiary/aromatic N) is 1. The number of primary amides is 1. The molecule has 0 rings (SSSR count). The Hall–Kier alpha value is -8.27. The molecule has 0 spiro atoms. The van der Waals surface area contributed by atoms with E-state index < -0.39 is 188 Å². The molecule has 0 unspecified atom stereocenters. The molecule has 0 aliphatic rings. The van der Waals surface area contributed by atoms with Crippen LogP contribution in [-0.4, -0.2) is 190 Å². The third-order valence-electron chi connectivity index (χ3n) is 12.3. The largest absolute Gasteiger partial charge is 0.481 e. The van der Waals surface area contributed by atoms with Crippen LogP contribution in [0.15, 0.2) is 4.99 Å². The van der Waals surface area contributed by atoms with Gasteiger partial charge >= 0.3 is 23.9 Å². The molecule has 82 heavy (non-hydrogen) atoms. The number of aliphatic imine (C=N–C) groups is 1. The number of hydrogen-bond acceptors (Lipinski definition) is 18. The number of carbonyl (C=O) groups is 14. The number of carbonyl (C=O) groups excluding carboxylic acids is 10. The standard InChI is InChI=1S/C48H84N16O18/c1-5-24(4)38(63-33(66)22-56-40(74)26(12-7-9-17-50)57-43(77)29(19-34(67)68)60-39(73)25(51)11-6-8-16-49)46(80)59-28(14-15-32(52)65)42(76)64-37(23(2)3)45(79)61-30(20-35(69)70)44(78)58-27(13-10-18-55-48(53)54)41(75)62-31(47(81)82)21-36(71)72/h23-31,37-38H,5-22,49-51H2,1-4H3,(H2,52,65)(H,56,74)(H,57,77)(H,58,78)(H,59,80)(H,60,73)(H,61,79)(H,62,75)(H,63,66)(H,64,76)(H,67,68)(H,69,70)(H,71,72)(H,81,82)(H4,53,54,55)/t24-,25-,26-,27-,28-,29-,30-,31-,37-,38-/m0/s1. The predicted molar refractivity (Wildman–Crippen MR) is 289 cm³/mol. The van der Waals surface area contributed by atoms with Crippen LogP contribution >= 0.6 is 0 Å². The van der Waals surface area contributed by atoms with Crippen molar-refractivity contribution in [3.8, 4) is 0 Å². The van der Waals surface area contributed by atoms with E-state index in [1.165, 1.54) is 13.8 Å². The Labute approximate surface area is 472 Å². The first-order valence-electron chi connectivity index (χ1n) is 26.5. The molecule has 25 N–H and O–H groups in total. The fraction of sp³-hybridized carbons (Fsp3) is 0.688. The van der Waals surface area contributed by atoms with Crippen molar-refractivity contribution in [1.29, 1.82) is 0 Å². The lowest BCUT2D eigenvalue weighted by molar-refractivity contribution is -0.147. The van der Waals surface area contributed by atoms with Crippen LogP contribution in [-0.2, 0) is 67.1 Å². The maximum atomic E-state index is 14.0. The molecule has 10 atom stereocenters. The van der Waals surface area contributed by atoms with Gasteiger partial charge in [0.2, 0.25) is 59.1 Å². The van der Waals surface area contributed by atoms with Crippen LogP contribution in [0.5, 0.6) is 0 Å². The highest BCUT2D eigenvalue weighted by molar-refractivity contribution is 5.99. The number of hydrogen-bond donors (Lipinski definition) is 19. The highest BCUT2D eigenvalue weighted by Crippen LogP contribution is 2.12. The van der Waals surface area contributed by atoms with E-state index >= 15 is 0 Å². The zero-order valence-electron chi connectivity index (χ0n) is 46.5. The summed E-state index contributed by atoms with van der Waals surface area (Å²) in [4.78, 5) is 184. The van der Waals surface area contributed by atoms with Crippen LogP contribution in [0.2, 0.25) is 0 Å². The monoisotopic (exact) mass is 1170 g/mol. The van der Waals surface area contributed by atoms with Crippen molar-refractivity contribution in [2.45, 2.75) is 172 Å². The van der Waals surface area contributed by atoms with E-state index in [1.54, 1.807) is 13.8 Å². The lowest BCUT2D eigenvalue weighted by Gasteiger charge is -2.29. The maximum absolute atomic E-state index is 14.0. The maximum Gasteiger partial charge on any atom is 0.326 e. The summed E-state index contributed by atoms with van der Waals surface area (Å²) in [6.45, 7) is 5.73. The van der Waals surface area contributed by atoms with E-state index in [0.717, 1.165) is 0 Å². The van der Waals surface area contributed by atoms with Gasteiger partial charge in [-0.25, -0.2) is 4.79 Å². The quantitative estimate of drug-likeness (QED) is 0.0153. The molecule has 464 valence electrons. The molecular weight excluding hydrogens is 1090 g/mol. The highest BCUT2D eigenvalue weighted by atomic mass is 16.4. The average molecular weight is 1170 g/mol. The normalized spacial score (nSPS) is 14.6. The zero-order valence-corrected chi connectivity index (χ0v) is 46.5. The second-order valence-electron chi connectivity index (χ2n) is 19.5. The Balaban J connectivity index is 6.56. The average Bonchev–Trinajstić information content (AvgIpc) is 3.38. The lowest BCUT2D eigenvalue weighted by atomic mass is 9.97. The summed E-state index contributed by atoms with van der Waals surface area (Å²) in [7, 11) is 0. The SMILES string of the molecule is CC[C@H](C)[C@H](NC(=O)CNC(=O)[C@H](CCCCN)NC(=O)[C@H](CC(=O)O)NC(=O)[C@@H](N)CCCCN)C(=O)N[C@@H](CCC(N)=O)C(=O)N[C@H](C(=O)N[C@@H](CC(=O)O)C(=O)N[C@@H](CCCN=C(N)N)C(=O)N[C@@H](CC(=O)O)C(=O)O)C(C)C. The van der Waals surface area contributed by atoms with Crippen LogP contribution in [0.3, 0.4) is 0 Å². The molecule has 0 aromatic carbocycles. The molecule has 0 bridgehead atoms. The van der Waals surface area contributed by atoms with Crippen LogP contribution in [0, 0.1) is 11.8 Å². The van der Waals surface area contributed by atoms with Gasteiger partial charge in [0, 0.05) is 13.0 Å². The van der Waals surface area contributed by atoms with Gasteiger partial charge in [0.15, 0.2) is 5.96 Å². The highest BCUT2D eigenvalue weighted by Gasteiger charge is 2.37. The molecule has 0 fully saturated rings. The minimum absolute atomic E-state index is 0.0432. The summed E-state index contributed by atoms with van der Waals surface area (Å²) >= 11 is 0. The van der Waals surface area contributed by atoms with Crippen LogP contribution in [0.25, 0.3) is 0 Å². The van der Waals surface area contributed by atoms with Gasteiger partial charge in [-0.1, -0.05) is 40.5 Å². The van der Waals surface area contributed by atoms with Gasteiger partial charge in [-0.2, -0.15) is 0 Å². The van der Waals surface area contributed by atoms with Crippen LogP contribution in [0.4, 0.5) is 0 Å². The summed E-state index contributed by atoms with van der Waals surface area (Å²) in [6, 6.07) is -14.5. The number of unbranched alkanes of at least 4 members (excludes halogenated alkanes) is 2. The van der Waals surface area contributed by atoms with E-state index in [9.17, 15) is 82.4 Å². The van der Waals surface area contributed by atoms with Gasteiger partial charge in [-0.05, 0) is 76.3 Å². The first-order valence-corrected chi connectivity index (χ1v) is 26.5. The molecule has 0 radical (unpaired) electrons. The van der Waals surface area contributed by atoms with Crippen LogP contribution in [0.1, 0.15) is 118 Å². The summed E-state index contributed by atoms with van der Waals surface area (Å²) < 4.78 is 0. The third kappa shape index (κ3) is 30.4. The van der Waals surface area contributed by atoms with Gasteiger partial charge in [0.25, 0.3) is 0 Å². The second-order valence-corrected chi connectivity index (χ2v) is 19.5. The van der Waals surface area contributed by atoms with Crippen LogP contribution < -0.4 is 82.3 Å². The minimum Gasteiger partial charge on any atom is -0.481 e. The number of guanidine groups is 1. The van der Waals surface area contributed by atoms with E-state index in [2.05, 4.69) is 47.5 Å². The molecule has 0 saturated heterocycles. The number of carboxylic acids is 4. The zero-order chi connectivity index (χ0) is 62.8. The molecule has 0 saturated carbocycles. The number of carboxylic acid groups (broad SMARTS) is 4. The topological polar surface area (TPSA) is 597 Å². The van der Waals surface area contributed by atoms with Crippen molar-refractivity contribution in [1.82, 2.24) is 47.9 Å². The third-order valence-corrected chi connectivity index (χ3v) is 12.3. The number of rotatable bonds is 43. The smallest absolute Gasteiger partial charge is 0.326 e. The predicted octanol–water partition coefficient (Wildman–Crippen LogP) is -6.90. The number of nitrogens with two attached hydrogens (primary N) is 6. The molecule has 34 nitrogen and oxygen atoms in total. The van der Waals surface area contributed by atoms with Crippen molar-refractivity contribution in [2.24, 2.45) is 51.2 Å². The Kier molecular flexibility index (Phi) is 35.2. The Morgan fingerprint density at radius 2 is 0.878 bits per heavy atom. The fourth-order valence-electron chi connectivity index (χ4n) is 7.50. The minimum atomic E-state index is -1.99. The Morgan fingerprint density at radius 1 is 0.463 bits per heavy atom. The van der Waals surface area contributed by atoms with Crippen molar-refractivity contribution in [3.63, 3.8) is 0 Å². The van der Waals surface area contributed by atoms with E-state index in [-0.39, 0.29) is 57.6 Å². The number of amides is 10. The second kappa shape index (κ2) is 39.2. The van der Waals surface area contributed by atoms with Crippen molar-refractivity contribution < 1.29 is 87.5 Å². The molecular formula is C48H84N16O18. The molecule has 10 amide bonds. The summed E-state index contributed by atoms with van der Waals surface area (Å²) in [6.07, 6.45) is -2.32. The van der Waals surface area contributed by atoms with Crippen molar-refractivity contribution in [2.75, 3.05) is 26.2 Å². The first-order chi connectivity index (χ1) is 38.4. The molecule has 0 heterocycles. The number of nitrogens with one attached hydrogen (secondary N) is 9. The molecule has 0 aromatic rings. The summed E-state index contributed by atoms with van der Waals surface area (Å²) in [5.74, 6) is -18.7. The fourth-order valence-corrected chi connectivity index (χ4v) is 7.50. The van der Waals surface area contributed by atoms with Gasteiger partial charge in [-0.15, -0.1) is 0 Å². The molecule has 0 aliphatic carbocycles. The van der Waals surface area contributed by atoms with E-state index in [1.807, 2.05) is 5.32 Å². The van der Waals surface area contributed by atoms with Crippen molar-refractivity contribution in [3.05, 3.63) is 0 Å². The number of aliphatic carboxylic acids is 4. The van der Waals surface area contributed by atoms with E-state index in [0.29, 0.717) is 25.8 Å². The molecule has 0 aliphatic heterocycles. The van der Waals surface area contributed by atoms with Crippen molar-refractivity contribution >= 4 is 88.9 Å². The van der Waals surface area contributed by atoms with E-state index in [4.69, 9.17) is 39.5 Å². The molecule has 34 heteroatoms. The van der Waals surface area contributed by atoms with Gasteiger partial charge in [0.1, 0.15) is 48.3 Å². The lowest BCUT2D eigenvalue weighted by Crippen LogP contribution is -2.61. The Bertz CT molecular complexity index is 2250. The van der Waals surface area contributed by atoms with Gasteiger partial charge in [-0.3, -0.25) is 67.3 Å².